The molecule has 3 atom stereocenters. The van der Waals surface area contributed by atoms with Crippen LogP contribution in [0.1, 0.15) is 24.8 Å². The lowest BCUT2D eigenvalue weighted by molar-refractivity contribution is -0.136. The molecule has 0 bridgehead atoms. The number of carboxylic acids is 1. The first-order valence-electron chi connectivity index (χ1n) is 6.92. The number of carbonyl (C=O) groups is 1. The second-order valence-electron chi connectivity index (χ2n) is 5.03. The van der Waals surface area contributed by atoms with Crippen molar-refractivity contribution in [3.8, 4) is 0 Å². The number of benzene rings is 1. The molecule has 1 saturated heterocycles. The van der Waals surface area contributed by atoms with E-state index in [-0.39, 0.29) is 6.10 Å². The topological polar surface area (TPSA) is 63.6 Å². The van der Waals surface area contributed by atoms with E-state index in [0.29, 0.717) is 18.6 Å². The van der Waals surface area contributed by atoms with E-state index in [0.717, 1.165) is 25.0 Å². The maximum absolute atomic E-state index is 12.2. The van der Waals surface area contributed by atoms with Crippen LogP contribution in [0, 0.1) is 0 Å². The molecule has 0 radical (unpaired) electrons. The molecule has 110 valence electrons. The molecule has 0 saturated carbocycles. The van der Waals surface area contributed by atoms with Crippen molar-refractivity contribution in [2.75, 3.05) is 12.4 Å². The third-order valence-corrected chi connectivity index (χ3v) is 5.16. The van der Waals surface area contributed by atoms with Crippen molar-refractivity contribution in [2.24, 2.45) is 0 Å². The van der Waals surface area contributed by atoms with Crippen molar-refractivity contribution in [3.63, 3.8) is 0 Å². The van der Waals surface area contributed by atoms with Gasteiger partial charge in [-0.25, -0.2) is 0 Å². The summed E-state index contributed by atoms with van der Waals surface area (Å²) in [6, 6.07) is 9.35. The van der Waals surface area contributed by atoms with E-state index in [1.54, 1.807) is 0 Å². The van der Waals surface area contributed by atoms with Gasteiger partial charge < -0.3 is 9.84 Å². The molecule has 1 aromatic carbocycles. The fourth-order valence-corrected chi connectivity index (χ4v) is 3.77. The molecular formula is C15H20O4S. The van der Waals surface area contributed by atoms with Crippen LogP contribution in [0.5, 0.6) is 0 Å². The van der Waals surface area contributed by atoms with Crippen LogP contribution in [0.15, 0.2) is 30.3 Å². The summed E-state index contributed by atoms with van der Waals surface area (Å²) in [7, 11) is -1.36. The zero-order valence-electron chi connectivity index (χ0n) is 11.4. The lowest BCUT2D eigenvalue weighted by atomic mass is 10.1. The Balaban J connectivity index is 1.90. The minimum absolute atomic E-state index is 0.158. The van der Waals surface area contributed by atoms with Gasteiger partial charge in [-0.15, -0.1) is 0 Å². The highest BCUT2D eigenvalue weighted by Gasteiger charge is 2.26. The highest BCUT2D eigenvalue weighted by atomic mass is 32.2. The Morgan fingerprint density at radius 1 is 1.40 bits per heavy atom. The smallest absolute Gasteiger partial charge is 0.319 e. The summed E-state index contributed by atoms with van der Waals surface area (Å²) in [4.78, 5) is 11.3. The van der Waals surface area contributed by atoms with Gasteiger partial charge in [-0.1, -0.05) is 30.3 Å². The summed E-state index contributed by atoms with van der Waals surface area (Å²) in [6.45, 7) is 0.768. The summed E-state index contributed by atoms with van der Waals surface area (Å²) in [5.41, 5.74) is 0.908. The molecule has 1 aliphatic heterocycles. The van der Waals surface area contributed by atoms with Crippen LogP contribution in [-0.4, -0.2) is 39.0 Å². The number of ether oxygens (including phenoxy) is 1. The number of hydrogen-bond acceptors (Lipinski definition) is 3. The van der Waals surface area contributed by atoms with Gasteiger partial charge in [0.05, 0.1) is 6.10 Å². The summed E-state index contributed by atoms with van der Waals surface area (Å²) in [6.07, 6.45) is 3.20. The van der Waals surface area contributed by atoms with Crippen LogP contribution in [0.25, 0.3) is 0 Å². The summed E-state index contributed by atoms with van der Waals surface area (Å²) < 4.78 is 17.7. The first-order valence-corrected chi connectivity index (χ1v) is 8.30. The molecule has 1 heterocycles. The largest absolute Gasteiger partial charge is 0.480 e. The molecule has 1 aromatic rings. The zero-order chi connectivity index (χ0) is 14.4. The molecule has 20 heavy (non-hydrogen) atoms. The van der Waals surface area contributed by atoms with Crippen LogP contribution in [0.2, 0.25) is 0 Å². The van der Waals surface area contributed by atoms with Crippen molar-refractivity contribution >= 4 is 16.8 Å². The Hall–Kier alpha value is -1.20. The molecule has 1 aliphatic rings. The van der Waals surface area contributed by atoms with Crippen LogP contribution < -0.4 is 0 Å². The minimum Gasteiger partial charge on any atom is -0.480 e. The van der Waals surface area contributed by atoms with E-state index in [4.69, 9.17) is 4.74 Å². The Morgan fingerprint density at radius 2 is 2.15 bits per heavy atom. The van der Waals surface area contributed by atoms with E-state index in [9.17, 15) is 14.1 Å². The molecule has 1 fully saturated rings. The standard InChI is InChI=1S/C15H20O4S/c16-15(17)14(11-12-5-2-1-3-6-12)20(18)10-8-13-7-4-9-19-13/h1-3,5-6,13-14H,4,7-11H2,(H,16,17). The van der Waals surface area contributed by atoms with Gasteiger partial charge in [0.25, 0.3) is 0 Å². The highest BCUT2D eigenvalue weighted by Crippen LogP contribution is 2.17. The number of carboxylic acid groups (broad SMARTS) is 1. The van der Waals surface area contributed by atoms with Crippen molar-refractivity contribution < 1.29 is 18.8 Å². The van der Waals surface area contributed by atoms with E-state index in [1.165, 1.54) is 0 Å². The molecular weight excluding hydrogens is 276 g/mol. The van der Waals surface area contributed by atoms with Gasteiger partial charge in [-0.2, -0.15) is 0 Å². The van der Waals surface area contributed by atoms with Gasteiger partial charge in [0.2, 0.25) is 0 Å². The number of aliphatic carboxylic acids is 1. The number of rotatable bonds is 7. The Morgan fingerprint density at radius 3 is 2.75 bits per heavy atom. The van der Waals surface area contributed by atoms with E-state index < -0.39 is 22.0 Å². The number of hydrogen-bond donors (Lipinski definition) is 1. The van der Waals surface area contributed by atoms with Crippen LogP contribution in [0.4, 0.5) is 0 Å². The van der Waals surface area contributed by atoms with Crippen molar-refractivity contribution in [2.45, 2.75) is 37.0 Å². The van der Waals surface area contributed by atoms with E-state index in [2.05, 4.69) is 0 Å². The Labute approximate surface area is 121 Å². The first kappa shape index (κ1) is 15.2. The molecule has 2 rings (SSSR count). The third-order valence-electron chi connectivity index (χ3n) is 3.52. The highest BCUT2D eigenvalue weighted by molar-refractivity contribution is 7.86. The molecule has 4 nitrogen and oxygen atoms in total. The average Bonchev–Trinajstić information content (AvgIpc) is 2.96. The minimum atomic E-state index is -1.36. The second kappa shape index (κ2) is 7.55. The quantitative estimate of drug-likeness (QED) is 0.836. The van der Waals surface area contributed by atoms with Crippen LogP contribution >= 0.6 is 0 Å². The molecule has 0 aliphatic carbocycles. The van der Waals surface area contributed by atoms with E-state index in [1.807, 2.05) is 30.3 Å². The molecule has 0 aromatic heterocycles. The maximum Gasteiger partial charge on any atom is 0.319 e. The predicted molar refractivity (Wildman–Crippen MR) is 78.2 cm³/mol. The molecule has 1 N–H and O–H groups in total. The molecule has 0 spiro atoms. The molecule has 0 amide bonds. The van der Waals surface area contributed by atoms with Gasteiger partial charge >= 0.3 is 5.97 Å². The normalized spacial score (nSPS) is 21.5. The SMILES string of the molecule is O=C(O)C(Cc1ccccc1)S(=O)CCC1CCCO1. The zero-order valence-corrected chi connectivity index (χ0v) is 12.2. The summed E-state index contributed by atoms with van der Waals surface area (Å²) in [5, 5.41) is 8.44. The predicted octanol–water partition coefficient (Wildman–Crippen LogP) is 2.00. The second-order valence-corrected chi connectivity index (χ2v) is 6.76. The summed E-state index contributed by atoms with van der Waals surface area (Å²) >= 11 is 0. The fraction of sp³-hybridized carbons (Fsp3) is 0.533. The average molecular weight is 296 g/mol. The Bertz CT molecular complexity index is 454. The lowest BCUT2D eigenvalue weighted by Gasteiger charge is -2.14. The van der Waals surface area contributed by atoms with Crippen LogP contribution in [0.3, 0.4) is 0 Å². The molecule has 3 unspecified atom stereocenters. The van der Waals surface area contributed by atoms with Crippen molar-refractivity contribution in [3.05, 3.63) is 35.9 Å². The van der Waals surface area contributed by atoms with Gasteiger partial charge in [0.1, 0.15) is 5.25 Å². The fourth-order valence-electron chi connectivity index (χ4n) is 2.38. The van der Waals surface area contributed by atoms with Crippen molar-refractivity contribution in [1.82, 2.24) is 0 Å². The maximum atomic E-state index is 12.2. The lowest BCUT2D eigenvalue weighted by Crippen LogP contribution is -2.30. The Kier molecular flexibility index (Phi) is 5.73. The van der Waals surface area contributed by atoms with Crippen LogP contribution in [-0.2, 0) is 26.8 Å². The van der Waals surface area contributed by atoms with Crippen molar-refractivity contribution in [1.29, 1.82) is 0 Å². The van der Waals surface area contributed by atoms with Gasteiger partial charge in [0.15, 0.2) is 0 Å². The first-order chi connectivity index (χ1) is 9.66. The summed E-state index contributed by atoms with van der Waals surface area (Å²) in [5.74, 6) is -0.589. The molecule has 5 heteroatoms. The third kappa shape index (κ3) is 4.42. The van der Waals surface area contributed by atoms with Gasteiger partial charge in [-0.3, -0.25) is 9.00 Å². The van der Waals surface area contributed by atoms with Gasteiger partial charge in [0, 0.05) is 23.2 Å². The monoisotopic (exact) mass is 296 g/mol. The van der Waals surface area contributed by atoms with Gasteiger partial charge in [-0.05, 0) is 31.2 Å². The van der Waals surface area contributed by atoms with E-state index >= 15 is 0 Å².